The van der Waals surface area contributed by atoms with Crippen LogP contribution in [0.1, 0.15) is 47.5 Å². The fourth-order valence-electron chi connectivity index (χ4n) is 2.07. The van der Waals surface area contributed by atoms with E-state index in [0.29, 0.717) is 6.54 Å². The molecule has 0 saturated heterocycles. The van der Waals surface area contributed by atoms with Crippen LogP contribution >= 0.6 is 0 Å². The largest absolute Gasteiger partial charge is 0.444 e. The molecular weight excluding hydrogens is 272 g/mol. The Kier molecular flexibility index (Phi) is 9.57. The standard InChI is InChI=1S/C15H32N2O4/c1-8-9-12(17-11(2)13(19-6)20-7)10-16-14(18)21-15(3,4)5/h11-13,17H,8-10H2,1-7H3,(H,16,18). The summed E-state index contributed by atoms with van der Waals surface area (Å²) in [5, 5.41) is 6.22. The van der Waals surface area contributed by atoms with Crippen molar-refractivity contribution in [2.24, 2.45) is 0 Å². The van der Waals surface area contributed by atoms with Crippen molar-refractivity contribution in [2.75, 3.05) is 20.8 Å². The molecule has 0 aliphatic carbocycles. The van der Waals surface area contributed by atoms with Crippen molar-refractivity contribution >= 4 is 6.09 Å². The Morgan fingerprint density at radius 3 is 2.19 bits per heavy atom. The van der Waals surface area contributed by atoms with Crippen LogP contribution in [0.5, 0.6) is 0 Å². The molecule has 0 aliphatic heterocycles. The first-order chi connectivity index (χ1) is 9.73. The summed E-state index contributed by atoms with van der Waals surface area (Å²) in [5.41, 5.74) is -0.484. The van der Waals surface area contributed by atoms with Gasteiger partial charge in [-0.1, -0.05) is 13.3 Å². The lowest BCUT2D eigenvalue weighted by molar-refractivity contribution is -0.121. The quantitative estimate of drug-likeness (QED) is 0.640. The Hall–Kier alpha value is -0.850. The van der Waals surface area contributed by atoms with Crippen LogP contribution in [0.15, 0.2) is 0 Å². The summed E-state index contributed by atoms with van der Waals surface area (Å²) < 4.78 is 15.7. The van der Waals surface area contributed by atoms with Crippen molar-refractivity contribution in [3.05, 3.63) is 0 Å². The Bertz CT molecular complexity index is 288. The lowest BCUT2D eigenvalue weighted by Crippen LogP contribution is -2.50. The van der Waals surface area contributed by atoms with Gasteiger partial charge >= 0.3 is 6.09 Å². The minimum absolute atomic E-state index is 0.0250. The zero-order chi connectivity index (χ0) is 16.5. The van der Waals surface area contributed by atoms with E-state index in [0.717, 1.165) is 12.8 Å². The van der Waals surface area contributed by atoms with Crippen LogP contribution in [0.25, 0.3) is 0 Å². The van der Waals surface area contributed by atoms with E-state index in [2.05, 4.69) is 17.6 Å². The summed E-state index contributed by atoms with van der Waals surface area (Å²) in [5.74, 6) is 0. The van der Waals surface area contributed by atoms with E-state index in [4.69, 9.17) is 14.2 Å². The van der Waals surface area contributed by atoms with Crippen LogP contribution in [0.2, 0.25) is 0 Å². The molecule has 0 spiro atoms. The average molecular weight is 304 g/mol. The maximum atomic E-state index is 11.7. The third-order valence-corrected chi connectivity index (χ3v) is 2.90. The van der Waals surface area contributed by atoms with E-state index < -0.39 is 11.7 Å². The highest BCUT2D eigenvalue weighted by atomic mass is 16.7. The molecule has 0 radical (unpaired) electrons. The molecule has 0 aliphatic rings. The van der Waals surface area contributed by atoms with Gasteiger partial charge in [-0.15, -0.1) is 0 Å². The molecule has 2 atom stereocenters. The molecule has 0 aromatic rings. The van der Waals surface area contributed by atoms with Crippen molar-refractivity contribution in [1.82, 2.24) is 10.6 Å². The number of methoxy groups -OCH3 is 2. The number of carbonyl (C=O) groups excluding carboxylic acids is 1. The zero-order valence-electron chi connectivity index (χ0n) is 14.5. The molecular formula is C15H32N2O4. The van der Waals surface area contributed by atoms with Crippen molar-refractivity contribution in [2.45, 2.75) is 71.4 Å². The summed E-state index contributed by atoms with van der Waals surface area (Å²) in [4.78, 5) is 11.7. The molecule has 0 heterocycles. The van der Waals surface area contributed by atoms with Gasteiger partial charge in [0.05, 0.1) is 6.04 Å². The molecule has 21 heavy (non-hydrogen) atoms. The lowest BCUT2D eigenvalue weighted by atomic mass is 10.1. The van der Waals surface area contributed by atoms with Gasteiger partial charge in [0.1, 0.15) is 5.60 Å². The molecule has 6 nitrogen and oxygen atoms in total. The van der Waals surface area contributed by atoms with E-state index in [-0.39, 0.29) is 18.4 Å². The van der Waals surface area contributed by atoms with Crippen molar-refractivity contribution in [3.8, 4) is 0 Å². The molecule has 0 bridgehead atoms. The van der Waals surface area contributed by atoms with Gasteiger partial charge in [0.15, 0.2) is 6.29 Å². The molecule has 2 N–H and O–H groups in total. The van der Waals surface area contributed by atoms with E-state index in [1.54, 1.807) is 14.2 Å². The predicted molar refractivity (Wildman–Crippen MR) is 83.3 cm³/mol. The molecule has 126 valence electrons. The average Bonchev–Trinajstić information content (AvgIpc) is 2.35. The fourth-order valence-corrected chi connectivity index (χ4v) is 2.07. The predicted octanol–water partition coefficient (Wildman–Crippen LogP) is 2.28. The summed E-state index contributed by atoms with van der Waals surface area (Å²) in [6.45, 7) is 10.1. The van der Waals surface area contributed by atoms with Crippen LogP contribution in [-0.2, 0) is 14.2 Å². The summed E-state index contributed by atoms with van der Waals surface area (Å²) in [7, 11) is 3.22. The molecule has 0 aromatic heterocycles. The van der Waals surface area contributed by atoms with Crippen molar-refractivity contribution < 1.29 is 19.0 Å². The SMILES string of the molecule is CCCC(CNC(=O)OC(C)(C)C)NC(C)C(OC)OC. The minimum atomic E-state index is -0.484. The number of hydrogen-bond donors (Lipinski definition) is 2. The maximum absolute atomic E-state index is 11.7. The number of rotatable bonds is 9. The van der Waals surface area contributed by atoms with Crippen molar-refractivity contribution in [3.63, 3.8) is 0 Å². The Morgan fingerprint density at radius 1 is 1.19 bits per heavy atom. The van der Waals surface area contributed by atoms with Gasteiger partial charge in [0, 0.05) is 26.8 Å². The van der Waals surface area contributed by atoms with E-state index in [1.165, 1.54) is 0 Å². The monoisotopic (exact) mass is 304 g/mol. The molecule has 0 rings (SSSR count). The second-order valence-corrected chi connectivity index (χ2v) is 6.16. The highest BCUT2D eigenvalue weighted by Crippen LogP contribution is 2.07. The summed E-state index contributed by atoms with van der Waals surface area (Å²) >= 11 is 0. The zero-order valence-corrected chi connectivity index (χ0v) is 14.5. The number of ether oxygens (including phenoxy) is 3. The minimum Gasteiger partial charge on any atom is -0.444 e. The molecule has 1 amide bonds. The molecule has 0 fully saturated rings. The van der Waals surface area contributed by atoms with Crippen LogP contribution in [0.3, 0.4) is 0 Å². The van der Waals surface area contributed by atoms with Crippen LogP contribution in [0, 0.1) is 0 Å². The van der Waals surface area contributed by atoms with E-state index >= 15 is 0 Å². The first-order valence-electron chi connectivity index (χ1n) is 7.52. The Balaban J connectivity index is 4.33. The van der Waals surface area contributed by atoms with Crippen LogP contribution in [-0.4, -0.2) is 50.8 Å². The Labute approximate surface area is 128 Å². The summed E-state index contributed by atoms with van der Waals surface area (Å²) in [6, 6.07) is 0.169. The number of nitrogens with one attached hydrogen (secondary N) is 2. The molecule has 2 unspecified atom stereocenters. The van der Waals surface area contributed by atoms with Gasteiger partial charge in [0.2, 0.25) is 0 Å². The molecule has 0 saturated carbocycles. The fraction of sp³-hybridized carbons (Fsp3) is 0.933. The number of carbonyl (C=O) groups is 1. The van der Waals surface area contributed by atoms with Crippen LogP contribution in [0.4, 0.5) is 4.79 Å². The normalized spacial score (nSPS) is 14.9. The van der Waals surface area contributed by atoms with Crippen molar-refractivity contribution in [1.29, 1.82) is 0 Å². The first-order valence-corrected chi connectivity index (χ1v) is 7.52. The Morgan fingerprint density at radius 2 is 1.76 bits per heavy atom. The van der Waals surface area contributed by atoms with Gasteiger partial charge in [-0.3, -0.25) is 0 Å². The maximum Gasteiger partial charge on any atom is 0.407 e. The topological polar surface area (TPSA) is 68.8 Å². The van der Waals surface area contributed by atoms with Gasteiger partial charge in [0.25, 0.3) is 0 Å². The highest BCUT2D eigenvalue weighted by molar-refractivity contribution is 5.67. The smallest absolute Gasteiger partial charge is 0.407 e. The molecule has 0 aromatic carbocycles. The second kappa shape index (κ2) is 9.97. The molecule has 6 heteroatoms. The van der Waals surface area contributed by atoms with Gasteiger partial charge in [-0.05, 0) is 34.1 Å². The summed E-state index contributed by atoms with van der Waals surface area (Å²) in [6.07, 6.45) is 1.25. The first kappa shape index (κ1) is 20.1. The lowest BCUT2D eigenvalue weighted by Gasteiger charge is -2.28. The third-order valence-electron chi connectivity index (χ3n) is 2.90. The number of hydrogen-bond acceptors (Lipinski definition) is 5. The van der Waals surface area contributed by atoms with Gasteiger partial charge in [-0.25, -0.2) is 4.79 Å². The van der Waals surface area contributed by atoms with E-state index in [9.17, 15) is 4.79 Å². The third kappa shape index (κ3) is 9.66. The number of amides is 1. The highest BCUT2D eigenvalue weighted by Gasteiger charge is 2.21. The number of alkyl carbamates (subject to hydrolysis) is 1. The second-order valence-electron chi connectivity index (χ2n) is 6.16. The van der Waals surface area contributed by atoms with Gasteiger partial charge in [-0.2, -0.15) is 0 Å². The van der Waals surface area contributed by atoms with Crippen LogP contribution < -0.4 is 10.6 Å². The van der Waals surface area contributed by atoms with E-state index in [1.807, 2.05) is 27.7 Å². The van der Waals surface area contributed by atoms with Gasteiger partial charge < -0.3 is 24.8 Å².